The monoisotopic (exact) mass is 314 g/mol. The number of hydrogen-bond acceptors (Lipinski definition) is 6. The van der Waals surface area contributed by atoms with E-state index < -0.39 is 0 Å². The maximum absolute atomic E-state index is 12.0. The Hall–Kier alpha value is -0.820. The fourth-order valence-corrected chi connectivity index (χ4v) is 4.03. The number of nitrogens with zero attached hydrogens (tertiary/aromatic N) is 2. The van der Waals surface area contributed by atoms with Gasteiger partial charge in [0.1, 0.15) is 0 Å². The second-order valence-corrected chi connectivity index (χ2v) is 7.33. The van der Waals surface area contributed by atoms with Crippen LogP contribution < -0.4 is 10.6 Å². The van der Waals surface area contributed by atoms with Crippen LogP contribution in [0.4, 0.5) is 5.13 Å². The van der Waals surface area contributed by atoms with Crippen LogP contribution >= 0.6 is 23.1 Å². The molecule has 0 spiro atoms. The normalized spacial score (nSPS) is 22.5. The van der Waals surface area contributed by atoms with Crippen LogP contribution in [0, 0.1) is 5.92 Å². The molecular weight excluding hydrogens is 292 g/mol. The summed E-state index contributed by atoms with van der Waals surface area (Å²) in [6.07, 6.45) is 4.85. The molecule has 1 aliphatic rings. The number of aromatic nitrogens is 2. The van der Waals surface area contributed by atoms with Crippen molar-refractivity contribution in [2.75, 3.05) is 17.6 Å². The quantitative estimate of drug-likeness (QED) is 0.790. The summed E-state index contributed by atoms with van der Waals surface area (Å²) in [5.74, 6) is 1.12. The number of rotatable bonds is 6. The average molecular weight is 314 g/mol. The Balaban J connectivity index is 1.73. The fraction of sp³-hybridized carbons (Fsp3) is 0.769. The van der Waals surface area contributed by atoms with Crippen molar-refractivity contribution in [2.45, 2.75) is 49.9 Å². The Kier molecular flexibility index (Phi) is 6.09. The predicted octanol–water partition coefficient (Wildman–Crippen LogP) is 2.76. The number of amides is 1. The van der Waals surface area contributed by atoms with Gasteiger partial charge in [0.15, 0.2) is 4.34 Å². The number of hydrogen-bond donors (Lipinski definition) is 2. The fourth-order valence-electron chi connectivity index (χ4n) is 2.40. The molecule has 0 aliphatic heterocycles. The second-order valence-electron chi connectivity index (χ2n) is 5.13. The van der Waals surface area contributed by atoms with E-state index in [9.17, 15) is 4.79 Å². The minimum absolute atomic E-state index is 0.106. The Morgan fingerprint density at radius 2 is 2.20 bits per heavy atom. The maximum atomic E-state index is 12.0. The molecule has 2 rings (SSSR count). The van der Waals surface area contributed by atoms with Crippen LogP contribution in [0.1, 0.15) is 39.5 Å². The highest BCUT2D eigenvalue weighted by molar-refractivity contribution is 8.01. The van der Waals surface area contributed by atoms with Gasteiger partial charge >= 0.3 is 0 Å². The highest BCUT2D eigenvalue weighted by atomic mass is 32.2. The molecule has 0 saturated heterocycles. The van der Waals surface area contributed by atoms with Crippen molar-refractivity contribution >= 4 is 34.1 Å². The van der Waals surface area contributed by atoms with Gasteiger partial charge in [-0.3, -0.25) is 4.79 Å². The SMILES string of the molecule is CCNc1nnc(SCC(=O)N[C@@H]2CCCC[C@@H]2C)s1. The minimum Gasteiger partial charge on any atom is -0.360 e. The van der Waals surface area contributed by atoms with Crippen molar-refractivity contribution in [1.29, 1.82) is 0 Å². The van der Waals surface area contributed by atoms with Gasteiger partial charge in [-0.25, -0.2) is 0 Å². The third-order valence-electron chi connectivity index (χ3n) is 3.52. The molecule has 112 valence electrons. The summed E-state index contributed by atoms with van der Waals surface area (Å²) in [6.45, 7) is 5.08. The molecule has 7 heteroatoms. The third kappa shape index (κ3) is 4.63. The third-order valence-corrected chi connectivity index (χ3v) is 5.53. The first-order valence-corrected chi connectivity index (χ1v) is 8.98. The van der Waals surface area contributed by atoms with E-state index >= 15 is 0 Å². The summed E-state index contributed by atoms with van der Waals surface area (Å²) in [4.78, 5) is 12.0. The molecule has 1 aliphatic carbocycles. The van der Waals surface area contributed by atoms with Crippen molar-refractivity contribution in [3.63, 3.8) is 0 Å². The summed E-state index contributed by atoms with van der Waals surface area (Å²) in [6, 6.07) is 0.351. The van der Waals surface area contributed by atoms with Gasteiger partial charge in [0.05, 0.1) is 5.75 Å². The molecular formula is C13H22N4OS2. The Morgan fingerprint density at radius 1 is 1.40 bits per heavy atom. The lowest BCUT2D eigenvalue weighted by Gasteiger charge is -2.29. The molecule has 1 amide bonds. The van der Waals surface area contributed by atoms with Crippen molar-refractivity contribution in [3.8, 4) is 0 Å². The average Bonchev–Trinajstić information content (AvgIpc) is 2.87. The van der Waals surface area contributed by atoms with Crippen LogP contribution in [-0.2, 0) is 4.79 Å². The second kappa shape index (κ2) is 7.83. The minimum atomic E-state index is 0.106. The molecule has 5 nitrogen and oxygen atoms in total. The number of thioether (sulfide) groups is 1. The van der Waals surface area contributed by atoms with Crippen LogP contribution in [0.25, 0.3) is 0 Å². The molecule has 1 heterocycles. The smallest absolute Gasteiger partial charge is 0.230 e. The highest BCUT2D eigenvalue weighted by Gasteiger charge is 2.22. The molecule has 1 fully saturated rings. The summed E-state index contributed by atoms with van der Waals surface area (Å²) in [7, 11) is 0. The van der Waals surface area contributed by atoms with Crippen molar-refractivity contribution in [3.05, 3.63) is 0 Å². The van der Waals surface area contributed by atoms with E-state index in [1.54, 1.807) is 0 Å². The van der Waals surface area contributed by atoms with Crippen LogP contribution in [0.5, 0.6) is 0 Å². The molecule has 20 heavy (non-hydrogen) atoms. The van der Waals surface area contributed by atoms with E-state index in [0.717, 1.165) is 22.4 Å². The zero-order chi connectivity index (χ0) is 14.4. The zero-order valence-corrected chi connectivity index (χ0v) is 13.6. The molecule has 1 saturated carbocycles. The molecule has 2 N–H and O–H groups in total. The first-order chi connectivity index (χ1) is 9.69. The molecule has 0 aromatic carbocycles. The van der Waals surface area contributed by atoms with Crippen LogP contribution in [0.2, 0.25) is 0 Å². The van der Waals surface area contributed by atoms with E-state index in [-0.39, 0.29) is 5.91 Å². The van der Waals surface area contributed by atoms with Crippen LogP contribution in [0.15, 0.2) is 4.34 Å². The number of nitrogens with one attached hydrogen (secondary N) is 2. The Bertz CT molecular complexity index is 438. The number of anilines is 1. The molecule has 0 bridgehead atoms. The molecule has 0 unspecified atom stereocenters. The predicted molar refractivity (Wildman–Crippen MR) is 84.4 cm³/mol. The van der Waals surface area contributed by atoms with Gasteiger partial charge in [-0.1, -0.05) is 42.9 Å². The van der Waals surface area contributed by atoms with Crippen LogP contribution in [-0.4, -0.2) is 34.4 Å². The van der Waals surface area contributed by atoms with Gasteiger partial charge in [-0.2, -0.15) is 0 Å². The van der Waals surface area contributed by atoms with Crippen LogP contribution in [0.3, 0.4) is 0 Å². The van der Waals surface area contributed by atoms with E-state index in [2.05, 4.69) is 27.8 Å². The number of carbonyl (C=O) groups excluding carboxylic acids is 1. The van der Waals surface area contributed by atoms with Gasteiger partial charge in [0.25, 0.3) is 0 Å². The lowest BCUT2D eigenvalue weighted by molar-refractivity contribution is -0.119. The lowest BCUT2D eigenvalue weighted by atomic mass is 9.86. The summed E-state index contributed by atoms with van der Waals surface area (Å²) >= 11 is 2.95. The first kappa shape index (κ1) is 15.6. The first-order valence-electron chi connectivity index (χ1n) is 7.18. The highest BCUT2D eigenvalue weighted by Crippen LogP contribution is 2.26. The van der Waals surface area contributed by atoms with E-state index in [1.807, 2.05) is 6.92 Å². The molecule has 1 aromatic heterocycles. The summed E-state index contributed by atoms with van der Waals surface area (Å²) < 4.78 is 0.841. The molecule has 1 aromatic rings. The maximum Gasteiger partial charge on any atom is 0.230 e. The van der Waals surface area contributed by atoms with Crippen molar-refractivity contribution in [2.24, 2.45) is 5.92 Å². The largest absolute Gasteiger partial charge is 0.360 e. The van der Waals surface area contributed by atoms with Gasteiger partial charge in [0, 0.05) is 12.6 Å². The summed E-state index contributed by atoms with van der Waals surface area (Å²) in [5, 5.41) is 15.2. The Morgan fingerprint density at radius 3 is 2.95 bits per heavy atom. The summed E-state index contributed by atoms with van der Waals surface area (Å²) in [5.41, 5.74) is 0. The van der Waals surface area contributed by atoms with E-state index in [1.165, 1.54) is 42.4 Å². The van der Waals surface area contributed by atoms with E-state index in [0.29, 0.717) is 17.7 Å². The number of carbonyl (C=O) groups is 1. The lowest BCUT2D eigenvalue weighted by Crippen LogP contribution is -2.41. The standard InChI is InChI=1S/C13H22N4OS2/c1-3-14-12-16-17-13(20-12)19-8-11(18)15-10-7-5-4-6-9(10)2/h9-10H,3-8H2,1-2H3,(H,14,16)(H,15,18)/t9-,10+/m0/s1. The van der Waals surface area contributed by atoms with Crippen molar-refractivity contribution in [1.82, 2.24) is 15.5 Å². The molecule has 0 radical (unpaired) electrons. The topological polar surface area (TPSA) is 66.9 Å². The molecule has 2 atom stereocenters. The van der Waals surface area contributed by atoms with Gasteiger partial charge < -0.3 is 10.6 Å². The van der Waals surface area contributed by atoms with Gasteiger partial charge in [-0.05, 0) is 25.7 Å². The zero-order valence-electron chi connectivity index (χ0n) is 12.0. The van der Waals surface area contributed by atoms with E-state index in [4.69, 9.17) is 0 Å². The Labute approximate surface area is 128 Å². The van der Waals surface area contributed by atoms with Gasteiger partial charge in [0.2, 0.25) is 11.0 Å². The van der Waals surface area contributed by atoms with Crippen molar-refractivity contribution < 1.29 is 4.79 Å². The van der Waals surface area contributed by atoms with Gasteiger partial charge in [-0.15, -0.1) is 10.2 Å².